The fourth-order valence-electron chi connectivity index (χ4n) is 3.18. The Hall–Kier alpha value is -1.99. The van der Waals surface area contributed by atoms with Crippen molar-refractivity contribution >= 4 is 18.3 Å². The number of nitrogens with zero attached hydrogens (tertiary/aromatic N) is 4. The van der Waals surface area contributed by atoms with Gasteiger partial charge in [-0.25, -0.2) is 9.97 Å². The van der Waals surface area contributed by atoms with Crippen LogP contribution in [-0.2, 0) is 6.42 Å². The summed E-state index contributed by atoms with van der Waals surface area (Å²) in [6, 6.07) is 2.13. The Bertz CT molecular complexity index is 722. The minimum absolute atomic E-state index is 0. The number of hydrogen-bond acceptors (Lipinski definition) is 5. The van der Waals surface area contributed by atoms with Crippen LogP contribution in [-0.4, -0.2) is 45.3 Å². The Kier molecular flexibility index (Phi) is 6.21. The van der Waals surface area contributed by atoms with E-state index >= 15 is 0 Å². The lowest BCUT2D eigenvalue weighted by molar-refractivity contribution is 0.0947. The van der Waals surface area contributed by atoms with Crippen molar-refractivity contribution < 1.29 is 4.79 Å². The Balaban J connectivity index is 0.00000196. The molecule has 2 fully saturated rings. The predicted octanol–water partition coefficient (Wildman–Crippen LogP) is 1.87. The Morgan fingerprint density at radius 1 is 1.27 bits per heavy atom. The minimum Gasteiger partial charge on any atom is -0.350 e. The van der Waals surface area contributed by atoms with Crippen molar-refractivity contribution in [1.82, 2.24) is 30.4 Å². The molecule has 4 rings (SSSR count). The van der Waals surface area contributed by atoms with Crippen molar-refractivity contribution in [1.29, 1.82) is 0 Å². The second kappa shape index (κ2) is 8.60. The number of rotatable bonds is 6. The lowest BCUT2D eigenvalue weighted by Gasteiger charge is -2.22. The smallest absolute Gasteiger partial charge is 0.271 e. The van der Waals surface area contributed by atoms with E-state index < -0.39 is 0 Å². The first-order valence-corrected chi connectivity index (χ1v) is 9.14. The zero-order valence-electron chi connectivity index (χ0n) is 14.7. The van der Waals surface area contributed by atoms with Crippen LogP contribution < -0.4 is 10.6 Å². The maximum atomic E-state index is 12.2. The standard InChI is InChI=1S/C18H24N6O.ClH/c25-18(16-6-9-24(23-16)15-2-1-7-19-12-15)20-8-5-13-10-21-17(22-11-13)14-3-4-14;/h6,9-11,14-15,19H,1-5,7-8,12H2,(H,20,25);1H. The van der Waals surface area contributed by atoms with Crippen molar-refractivity contribution in [3.05, 3.63) is 41.7 Å². The van der Waals surface area contributed by atoms with Gasteiger partial charge in [-0.3, -0.25) is 9.48 Å². The van der Waals surface area contributed by atoms with Crippen molar-refractivity contribution in [2.24, 2.45) is 0 Å². The first kappa shape index (κ1) is 18.8. The van der Waals surface area contributed by atoms with Gasteiger partial charge in [-0.05, 0) is 50.3 Å². The van der Waals surface area contributed by atoms with Crippen LogP contribution in [0.25, 0.3) is 0 Å². The molecule has 8 heteroatoms. The molecule has 7 nitrogen and oxygen atoms in total. The summed E-state index contributed by atoms with van der Waals surface area (Å²) in [6.07, 6.45) is 11.0. The third-order valence-electron chi connectivity index (χ3n) is 4.85. The summed E-state index contributed by atoms with van der Waals surface area (Å²) < 4.78 is 1.91. The van der Waals surface area contributed by atoms with Crippen LogP contribution in [0.5, 0.6) is 0 Å². The minimum atomic E-state index is -0.127. The molecule has 1 aliphatic carbocycles. The number of aromatic nitrogens is 4. The highest BCUT2D eigenvalue weighted by atomic mass is 35.5. The number of hydrogen-bond donors (Lipinski definition) is 2. The van der Waals surface area contributed by atoms with Crippen LogP contribution in [0.15, 0.2) is 24.7 Å². The summed E-state index contributed by atoms with van der Waals surface area (Å²) in [4.78, 5) is 21.1. The first-order chi connectivity index (χ1) is 12.3. The molecule has 1 saturated heterocycles. The lowest BCUT2D eigenvalue weighted by Crippen LogP contribution is -2.32. The normalized spacial score (nSPS) is 19.6. The molecule has 1 aliphatic heterocycles. The maximum absolute atomic E-state index is 12.2. The van der Waals surface area contributed by atoms with Crippen LogP contribution in [0.2, 0.25) is 0 Å². The SMILES string of the molecule is Cl.O=C(NCCc1cnc(C2CC2)nc1)c1ccn(C2CCCNC2)n1. The largest absolute Gasteiger partial charge is 0.350 e. The topological polar surface area (TPSA) is 84.7 Å². The van der Waals surface area contributed by atoms with E-state index in [0.29, 0.717) is 24.2 Å². The van der Waals surface area contributed by atoms with Gasteiger partial charge in [0.2, 0.25) is 0 Å². The van der Waals surface area contributed by atoms with Gasteiger partial charge in [-0.15, -0.1) is 12.4 Å². The van der Waals surface area contributed by atoms with Gasteiger partial charge >= 0.3 is 0 Å². The lowest BCUT2D eigenvalue weighted by atomic mass is 10.1. The third kappa shape index (κ3) is 4.59. The van der Waals surface area contributed by atoms with Crippen molar-refractivity contribution in [3.8, 4) is 0 Å². The average molecular weight is 377 g/mol. The molecular weight excluding hydrogens is 352 g/mol. The van der Waals surface area contributed by atoms with Gasteiger partial charge < -0.3 is 10.6 Å². The van der Waals surface area contributed by atoms with E-state index in [1.165, 1.54) is 12.8 Å². The number of amides is 1. The maximum Gasteiger partial charge on any atom is 0.271 e. The van der Waals surface area contributed by atoms with E-state index in [-0.39, 0.29) is 18.3 Å². The van der Waals surface area contributed by atoms with Gasteiger partial charge in [0.15, 0.2) is 0 Å². The van der Waals surface area contributed by atoms with Crippen LogP contribution in [0.1, 0.15) is 59.5 Å². The summed E-state index contributed by atoms with van der Waals surface area (Å²) in [5.74, 6) is 1.40. The molecule has 0 aromatic carbocycles. The van der Waals surface area contributed by atoms with Gasteiger partial charge in [-0.1, -0.05) is 0 Å². The highest BCUT2D eigenvalue weighted by Gasteiger charge is 2.26. The molecule has 26 heavy (non-hydrogen) atoms. The molecule has 1 amide bonds. The molecule has 140 valence electrons. The monoisotopic (exact) mass is 376 g/mol. The Morgan fingerprint density at radius 3 is 2.77 bits per heavy atom. The van der Waals surface area contributed by atoms with E-state index in [2.05, 4.69) is 25.7 Å². The molecule has 2 aromatic heterocycles. The molecule has 1 unspecified atom stereocenters. The molecular formula is C18H25ClN6O. The van der Waals surface area contributed by atoms with E-state index in [1.807, 2.05) is 23.3 Å². The van der Waals surface area contributed by atoms with Crippen molar-refractivity contribution in [3.63, 3.8) is 0 Å². The van der Waals surface area contributed by atoms with E-state index in [0.717, 1.165) is 43.7 Å². The summed E-state index contributed by atoms with van der Waals surface area (Å²) in [5, 5.41) is 10.7. The third-order valence-corrected chi connectivity index (χ3v) is 4.85. The first-order valence-electron chi connectivity index (χ1n) is 9.14. The van der Waals surface area contributed by atoms with Crippen LogP contribution >= 0.6 is 12.4 Å². The highest BCUT2D eigenvalue weighted by molar-refractivity contribution is 5.92. The highest BCUT2D eigenvalue weighted by Crippen LogP contribution is 2.37. The van der Waals surface area contributed by atoms with E-state index in [4.69, 9.17) is 0 Å². The Labute approximate surface area is 159 Å². The van der Waals surface area contributed by atoms with Crippen LogP contribution in [0.4, 0.5) is 0 Å². The molecule has 2 N–H and O–H groups in total. The van der Waals surface area contributed by atoms with Gasteiger partial charge in [-0.2, -0.15) is 5.10 Å². The molecule has 2 aliphatic rings. The van der Waals surface area contributed by atoms with Gasteiger partial charge in [0, 0.05) is 37.6 Å². The fourth-order valence-corrected chi connectivity index (χ4v) is 3.18. The van der Waals surface area contributed by atoms with Gasteiger partial charge in [0.25, 0.3) is 5.91 Å². The summed E-state index contributed by atoms with van der Waals surface area (Å²) in [6.45, 7) is 2.54. The molecule has 1 atom stereocenters. The number of nitrogens with one attached hydrogen (secondary N) is 2. The van der Waals surface area contributed by atoms with Gasteiger partial charge in [0.05, 0.1) is 6.04 Å². The quantitative estimate of drug-likeness (QED) is 0.804. The summed E-state index contributed by atoms with van der Waals surface area (Å²) >= 11 is 0. The fraction of sp³-hybridized carbons (Fsp3) is 0.556. The predicted molar refractivity (Wildman–Crippen MR) is 101 cm³/mol. The number of halogens is 1. The second-order valence-corrected chi connectivity index (χ2v) is 6.91. The number of piperidine rings is 1. The number of carbonyl (C=O) groups excluding carboxylic acids is 1. The van der Waals surface area contributed by atoms with Crippen LogP contribution in [0.3, 0.4) is 0 Å². The molecule has 0 radical (unpaired) electrons. The van der Waals surface area contributed by atoms with E-state index in [1.54, 1.807) is 6.07 Å². The van der Waals surface area contributed by atoms with Crippen LogP contribution in [0, 0.1) is 0 Å². The summed E-state index contributed by atoms with van der Waals surface area (Å²) in [7, 11) is 0. The molecule has 0 bridgehead atoms. The van der Waals surface area contributed by atoms with Crippen molar-refractivity contribution in [2.45, 2.75) is 44.1 Å². The average Bonchev–Trinajstić information content (AvgIpc) is 3.39. The Morgan fingerprint density at radius 2 is 2.08 bits per heavy atom. The second-order valence-electron chi connectivity index (χ2n) is 6.91. The molecule has 2 aromatic rings. The summed E-state index contributed by atoms with van der Waals surface area (Å²) in [5.41, 5.74) is 1.52. The van der Waals surface area contributed by atoms with E-state index in [9.17, 15) is 4.79 Å². The number of carbonyl (C=O) groups is 1. The zero-order chi connectivity index (χ0) is 17.1. The molecule has 0 spiro atoms. The molecule has 1 saturated carbocycles. The van der Waals surface area contributed by atoms with Crippen molar-refractivity contribution in [2.75, 3.05) is 19.6 Å². The zero-order valence-corrected chi connectivity index (χ0v) is 15.5. The molecule has 3 heterocycles. The van der Waals surface area contributed by atoms with Gasteiger partial charge in [0.1, 0.15) is 11.5 Å².